The minimum absolute atomic E-state index is 0.0312. The fourth-order valence-corrected chi connectivity index (χ4v) is 3.32. The molecule has 11 heteroatoms. The van der Waals surface area contributed by atoms with E-state index in [4.69, 9.17) is 34.3 Å². The number of para-hydroxylation sites is 1. The number of rotatable bonds is 10. The smallest absolute Gasteiger partial charge is 0.326 e. The van der Waals surface area contributed by atoms with Crippen LogP contribution in [0.1, 0.15) is 25.7 Å². The molecule has 0 aromatic heterocycles. The largest absolute Gasteiger partial charge is 0.480 e. The van der Waals surface area contributed by atoms with Crippen LogP contribution < -0.4 is 21.3 Å². The highest BCUT2D eigenvalue weighted by Crippen LogP contribution is 2.23. The molecule has 0 aliphatic carbocycles. The lowest BCUT2D eigenvalue weighted by Crippen LogP contribution is -2.52. The van der Waals surface area contributed by atoms with Crippen molar-refractivity contribution in [3.05, 3.63) is 30.3 Å². The number of carboxylic acid groups (broad SMARTS) is 1. The van der Waals surface area contributed by atoms with Crippen LogP contribution in [-0.2, 0) is 14.4 Å². The number of hydrogen-bond acceptors (Lipinski definition) is 5. The number of aliphatic carboxylic acids is 1. The van der Waals surface area contributed by atoms with Gasteiger partial charge < -0.3 is 21.5 Å². The standard InChI is InChI=1S/C17H25N5O3.C3H4Cl2O/c18-17(19)21-11-5-9-14(16(24)25)22(12-6-2-1-3-7-12)15(23)13-8-4-10-20-13;4-1-3(6)2-5/h1-3,6-7,13-14,20H,4-5,8-11H2,(H,24,25)(H4,18,19,21);1-2H2. The molecule has 172 valence electrons. The van der Waals surface area contributed by atoms with Crippen LogP contribution >= 0.6 is 23.2 Å². The average Bonchev–Trinajstić information content (AvgIpc) is 3.30. The Morgan fingerprint density at radius 3 is 2.35 bits per heavy atom. The zero-order chi connectivity index (χ0) is 23.2. The number of carboxylic acids is 1. The number of carbonyl (C=O) groups is 3. The van der Waals surface area contributed by atoms with Crippen molar-refractivity contribution in [1.82, 2.24) is 10.6 Å². The average molecular weight is 474 g/mol. The summed E-state index contributed by atoms with van der Waals surface area (Å²) in [4.78, 5) is 36.1. The van der Waals surface area contributed by atoms with Gasteiger partial charge >= 0.3 is 5.97 Å². The third kappa shape index (κ3) is 9.54. The summed E-state index contributed by atoms with van der Waals surface area (Å²) in [5.41, 5.74) is 5.81. The molecule has 6 N–H and O–H groups in total. The normalized spacial score (nSPS) is 15.9. The fourth-order valence-electron chi connectivity index (χ4n) is 3.03. The van der Waals surface area contributed by atoms with Crippen molar-refractivity contribution in [3.8, 4) is 0 Å². The molecule has 2 rings (SSSR count). The second-order valence-corrected chi connectivity index (χ2v) is 7.37. The van der Waals surface area contributed by atoms with Crippen LogP contribution in [-0.4, -0.2) is 65.7 Å². The number of Topliss-reactive ketones (excluding diaryl/α,β-unsaturated/α-hetero) is 1. The number of nitrogens with one attached hydrogen (secondary N) is 3. The second-order valence-electron chi connectivity index (χ2n) is 6.84. The third-order valence-corrected chi connectivity index (χ3v) is 5.09. The molecular formula is C20H29Cl2N5O4. The maximum absolute atomic E-state index is 13.0. The van der Waals surface area contributed by atoms with Crippen LogP contribution in [0.5, 0.6) is 0 Å². The Labute approximate surface area is 191 Å². The predicted molar refractivity (Wildman–Crippen MR) is 122 cm³/mol. The van der Waals surface area contributed by atoms with Gasteiger partial charge in [-0.1, -0.05) is 18.2 Å². The molecule has 1 amide bonds. The topological polar surface area (TPSA) is 149 Å². The van der Waals surface area contributed by atoms with Crippen molar-refractivity contribution in [2.45, 2.75) is 37.8 Å². The second kappa shape index (κ2) is 14.6. The summed E-state index contributed by atoms with van der Waals surface area (Å²) < 4.78 is 0. The number of nitrogens with two attached hydrogens (primary N) is 1. The molecule has 1 aromatic carbocycles. The van der Waals surface area contributed by atoms with Crippen LogP contribution in [0.15, 0.2) is 30.3 Å². The molecule has 2 atom stereocenters. The van der Waals surface area contributed by atoms with E-state index in [1.165, 1.54) is 4.90 Å². The first-order valence-corrected chi connectivity index (χ1v) is 10.9. The Kier molecular flexibility index (Phi) is 12.6. The first-order valence-electron chi connectivity index (χ1n) is 9.87. The molecule has 1 fully saturated rings. The van der Waals surface area contributed by atoms with Gasteiger partial charge in [0.15, 0.2) is 11.7 Å². The van der Waals surface area contributed by atoms with Gasteiger partial charge in [-0.2, -0.15) is 0 Å². The van der Waals surface area contributed by atoms with E-state index < -0.39 is 12.0 Å². The molecule has 1 heterocycles. The maximum atomic E-state index is 13.0. The lowest BCUT2D eigenvalue weighted by molar-refractivity contribution is -0.140. The van der Waals surface area contributed by atoms with Crippen molar-refractivity contribution in [3.63, 3.8) is 0 Å². The summed E-state index contributed by atoms with van der Waals surface area (Å²) in [7, 11) is 0. The highest BCUT2D eigenvalue weighted by atomic mass is 35.5. The monoisotopic (exact) mass is 473 g/mol. The minimum Gasteiger partial charge on any atom is -0.480 e. The minimum atomic E-state index is -1.04. The lowest BCUT2D eigenvalue weighted by atomic mass is 10.1. The molecule has 9 nitrogen and oxygen atoms in total. The third-order valence-electron chi connectivity index (χ3n) is 4.49. The predicted octanol–water partition coefficient (Wildman–Crippen LogP) is 1.52. The summed E-state index contributed by atoms with van der Waals surface area (Å²) in [6.45, 7) is 1.15. The van der Waals surface area contributed by atoms with Gasteiger partial charge in [0.25, 0.3) is 0 Å². The molecule has 1 aliphatic heterocycles. The van der Waals surface area contributed by atoms with Crippen molar-refractivity contribution >= 4 is 52.5 Å². The van der Waals surface area contributed by atoms with Crippen molar-refractivity contribution in [2.75, 3.05) is 29.7 Å². The number of alkyl halides is 2. The molecule has 0 saturated carbocycles. The van der Waals surface area contributed by atoms with E-state index in [9.17, 15) is 19.5 Å². The van der Waals surface area contributed by atoms with Gasteiger partial charge in [0.05, 0.1) is 17.8 Å². The van der Waals surface area contributed by atoms with Crippen LogP contribution in [0, 0.1) is 5.41 Å². The van der Waals surface area contributed by atoms with E-state index in [2.05, 4.69) is 10.6 Å². The molecule has 1 saturated heterocycles. The number of benzene rings is 1. The maximum Gasteiger partial charge on any atom is 0.326 e. The SMILES string of the molecule is N=C(N)NCCCC(C(=O)O)N(C(=O)C1CCCN1)c1ccccc1.O=C(CCl)CCl. The van der Waals surface area contributed by atoms with Gasteiger partial charge in [0.1, 0.15) is 6.04 Å². The molecule has 0 radical (unpaired) electrons. The van der Waals surface area contributed by atoms with Gasteiger partial charge in [0.2, 0.25) is 5.91 Å². The highest BCUT2D eigenvalue weighted by molar-refractivity contribution is 6.35. The van der Waals surface area contributed by atoms with Crippen molar-refractivity contribution in [1.29, 1.82) is 5.41 Å². The zero-order valence-electron chi connectivity index (χ0n) is 17.2. The first kappa shape index (κ1) is 26.7. The fraction of sp³-hybridized carbons (Fsp3) is 0.500. The summed E-state index contributed by atoms with van der Waals surface area (Å²) >= 11 is 10.0. The number of guanidine groups is 1. The Morgan fingerprint density at radius 1 is 1.26 bits per heavy atom. The van der Waals surface area contributed by atoms with Gasteiger partial charge in [0, 0.05) is 12.2 Å². The molecule has 0 spiro atoms. The number of halogens is 2. The zero-order valence-corrected chi connectivity index (χ0v) is 18.7. The van der Waals surface area contributed by atoms with Gasteiger partial charge in [-0.05, 0) is 44.4 Å². The molecule has 31 heavy (non-hydrogen) atoms. The number of nitrogens with zero attached hydrogens (tertiary/aromatic N) is 1. The van der Waals surface area contributed by atoms with E-state index in [-0.39, 0.29) is 41.9 Å². The molecular weight excluding hydrogens is 445 g/mol. The van der Waals surface area contributed by atoms with Gasteiger partial charge in [-0.25, -0.2) is 4.79 Å². The van der Waals surface area contributed by atoms with Crippen LogP contribution in [0.25, 0.3) is 0 Å². The van der Waals surface area contributed by atoms with Crippen LogP contribution in [0.3, 0.4) is 0 Å². The summed E-state index contributed by atoms with van der Waals surface area (Å²) in [5.74, 6) is -1.47. The summed E-state index contributed by atoms with van der Waals surface area (Å²) in [6, 6.07) is 7.57. The molecule has 2 unspecified atom stereocenters. The van der Waals surface area contributed by atoms with E-state index in [0.29, 0.717) is 25.1 Å². The van der Waals surface area contributed by atoms with E-state index in [1.54, 1.807) is 24.3 Å². The summed E-state index contributed by atoms with van der Waals surface area (Å²) in [6.07, 6.45) is 2.36. The quantitative estimate of drug-likeness (QED) is 0.149. The number of amides is 1. The van der Waals surface area contributed by atoms with E-state index in [1.807, 2.05) is 6.07 Å². The van der Waals surface area contributed by atoms with Crippen molar-refractivity contribution in [2.24, 2.45) is 5.73 Å². The number of hydrogen-bond donors (Lipinski definition) is 5. The summed E-state index contributed by atoms with van der Waals surface area (Å²) in [5, 5.41) is 22.6. The van der Waals surface area contributed by atoms with Crippen molar-refractivity contribution < 1.29 is 19.5 Å². The Bertz CT molecular complexity index is 724. The van der Waals surface area contributed by atoms with E-state index >= 15 is 0 Å². The van der Waals surface area contributed by atoms with E-state index in [0.717, 1.165) is 13.0 Å². The molecule has 1 aliphatic rings. The van der Waals surface area contributed by atoms with Gasteiger partial charge in [-0.3, -0.25) is 19.9 Å². The number of carbonyl (C=O) groups excluding carboxylic acids is 2. The Balaban J connectivity index is 0.000000703. The Morgan fingerprint density at radius 2 is 1.90 bits per heavy atom. The molecule has 1 aromatic rings. The lowest BCUT2D eigenvalue weighted by Gasteiger charge is -2.31. The number of anilines is 1. The van der Waals surface area contributed by atoms with Crippen LogP contribution in [0.4, 0.5) is 5.69 Å². The van der Waals surface area contributed by atoms with Gasteiger partial charge in [-0.15, -0.1) is 23.2 Å². The highest BCUT2D eigenvalue weighted by Gasteiger charge is 2.35. The van der Waals surface area contributed by atoms with Crippen LogP contribution in [0.2, 0.25) is 0 Å². The number of ketones is 1. The first-order chi connectivity index (χ1) is 14.8. The molecule has 0 bridgehead atoms. The Hall–Kier alpha value is -2.36.